The second-order valence-electron chi connectivity index (χ2n) is 12.4. The molecule has 8 aromatic rings. The number of fused-ring (bicyclic) bond motifs is 3. The predicted octanol–water partition coefficient (Wildman–Crippen LogP) is 11.6. The first kappa shape index (κ1) is 28.0. The average molecular weight is 617 g/mol. The van der Waals surface area contributed by atoms with Gasteiger partial charge < -0.3 is 9.88 Å². The highest BCUT2D eigenvalue weighted by Gasteiger charge is 2.28. The number of aromatic amines is 1. The molecule has 1 aliphatic rings. The molecule has 0 amide bonds. The van der Waals surface area contributed by atoms with Crippen molar-refractivity contribution in [1.82, 2.24) is 15.2 Å². The number of rotatable bonds is 5. The molecule has 4 heteroatoms. The Morgan fingerprint density at radius 1 is 0.479 bits per heavy atom. The van der Waals surface area contributed by atoms with Crippen LogP contribution >= 0.6 is 0 Å². The van der Waals surface area contributed by atoms with E-state index in [1.807, 2.05) is 30.3 Å². The van der Waals surface area contributed by atoms with Gasteiger partial charge in [0.2, 0.25) is 0 Å². The molecule has 9 rings (SSSR count). The predicted molar refractivity (Wildman–Crippen MR) is 198 cm³/mol. The van der Waals surface area contributed by atoms with Gasteiger partial charge in [0.05, 0.1) is 0 Å². The SMILES string of the molecule is CC1c2ccccc2N(c2cccc(-c3cccc4cccc(-c5ccc(-c6nnc(-c7ccccc7)[nH]6)cc5)c34)c2)c2ccccc21. The topological polar surface area (TPSA) is 44.8 Å². The number of nitrogens with one attached hydrogen (secondary N) is 1. The summed E-state index contributed by atoms with van der Waals surface area (Å²) in [7, 11) is 0. The van der Waals surface area contributed by atoms with Crippen molar-refractivity contribution in [2.45, 2.75) is 12.8 Å². The Balaban J connectivity index is 1.12. The molecule has 1 aromatic heterocycles. The van der Waals surface area contributed by atoms with Gasteiger partial charge in [0.1, 0.15) is 0 Å². The second-order valence-corrected chi connectivity index (χ2v) is 12.4. The van der Waals surface area contributed by atoms with Crippen LogP contribution in [0.25, 0.3) is 55.8 Å². The molecule has 0 aliphatic carbocycles. The zero-order chi connectivity index (χ0) is 32.0. The fourth-order valence-electron chi connectivity index (χ4n) is 7.25. The van der Waals surface area contributed by atoms with Crippen molar-refractivity contribution in [2.24, 2.45) is 0 Å². The van der Waals surface area contributed by atoms with E-state index in [1.54, 1.807) is 0 Å². The summed E-state index contributed by atoms with van der Waals surface area (Å²) in [5, 5.41) is 11.3. The number of para-hydroxylation sites is 2. The quantitative estimate of drug-likeness (QED) is 0.209. The van der Waals surface area contributed by atoms with E-state index in [1.165, 1.54) is 50.0 Å². The number of nitrogens with zero attached hydrogens (tertiary/aromatic N) is 3. The highest BCUT2D eigenvalue weighted by molar-refractivity contribution is 6.07. The lowest BCUT2D eigenvalue weighted by Crippen LogP contribution is -2.20. The third kappa shape index (κ3) is 4.69. The molecule has 48 heavy (non-hydrogen) atoms. The summed E-state index contributed by atoms with van der Waals surface area (Å²) in [4.78, 5) is 5.81. The Morgan fingerprint density at radius 2 is 1.00 bits per heavy atom. The van der Waals surface area contributed by atoms with E-state index in [9.17, 15) is 0 Å². The molecule has 1 N–H and O–H groups in total. The number of hydrogen-bond donors (Lipinski definition) is 1. The maximum Gasteiger partial charge on any atom is 0.161 e. The largest absolute Gasteiger partial charge is 0.321 e. The van der Waals surface area contributed by atoms with Gasteiger partial charge in [-0.3, -0.25) is 0 Å². The van der Waals surface area contributed by atoms with Gasteiger partial charge in [-0.15, -0.1) is 10.2 Å². The van der Waals surface area contributed by atoms with Gasteiger partial charge in [0, 0.05) is 34.1 Å². The van der Waals surface area contributed by atoms with Gasteiger partial charge in [-0.1, -0.05) is 146 Å². The average Bonchev–Trinajstić information content (AvgIpc) is 3.66. The number of H-pyrrole nitrogens is 1. The van der Waals surface area contributed by atoms with Gasteiger partial charge in [-0.25, -0.2) is 0 Å². The van der Waals surface area contributed by atoms with Crippen molar-refractivity contribution in [3.05, 3.63) is 175 Å². The molecule has 0 bridgehead atoms. The Bertz CT molecular complexity index is 2370. The molecule has 7 aromatic carbocycles. The van der Waals surface area contributed by atoms with E-state index >= 15 is 0 Å². The Kier molecular flexibility index (Phi) is 6.72. The van der Waals surface area contributed by atoms with Crippen LogP contribution in [-0.4, -0.2) is 15.2 Å². The van der Waals surface area contributed by atoms with Gasteiger partial charge in [-0.2, -0.15) is 0 Å². The van der Waals surface area contributed by atoms with Crippen LogP contribution in [0.3, 0.4) is 0 Å². The Morgan fingerprint density at radius 3 is 1.67 bits per heavy atom. The third-order valence-electron chi connectivity index (χ3n) is 9.61. The first-order valence-corrected chi connectivity index (χ1v) is 16.4. The monoisotopic (exact) mass is 616 g/mol. The zero-order valence-corrected chi connectivity index (χ0v) is 26.5. The van der Waals surface area contributed by atoms with E-state index in [-0.39, 0.29) is 0 Å². The fourth-order valence-corrected chi connectivity index (χ4v) is 7.25. The van der Waals surface area contributed by atoms with Gasteiger partial charge in [0.15, 0.2) is 11.6 Å². The number of benzene rings is 7. The first-order valence-electron chi connectivity index (χ1n) is 16.4. The molecular formula is C44H32N4. The highest BCUT2D eigenvalue weighted by Crippen LogP contribution is 2.49. The maximum atomic E-state index is 4.44. The van der Waals surface area contributed by atoms with Crippen LogP contribution in [0.1, 0.15) is 24.0 Å². The van der Waals surface area contributed by atoms with Gasteiger partial charge in [-0.05, 0) is 68.4 Å². The Hall–Kier alpha value is -6.26. The van der Waals surface area contributed by atoms with E-state index in [4.69, 9.17) is 0 Å². The third-order valence-corrected chi connectivity index (χ3v) is 9.61. The normalized spacial score (nSPS) is 12.6. The molecular weight excluding hydrogens is 585 g/mol. The minimum Gasteiger partial charge on any atom is -0.321 e. The zero-order valence-electron chi connectivity index (χ0n) is 26.5. The van der Waals surface area contributed by atoms with E-state index < -0.39 is 0 Å². The minimum absolute atomic E-state index is 0.332. The molecule has 0 atom stereocenters. The van der Waals surface area contributed by atoms with Crippen molar-refractivity contribution >= 4 is 27.8 Å². The van der Waals surface area contributed by atoms with Crippen molar-refractivity contribution in [3.8, 4) is 45.0 Å². The maximum absolute atomic E-state index is 4.44. The second kappa shape index (κ2) is 11.5. The number of hydrogen-bond acceptors (Lipinski definition) is 3. The summed E-state index contributed by atoms with van der Waals surface area (Å²) < 4.78 is 0. The van der Waals surface area contributed by atoms with E-state index in [0.29, 0.717) is 5.92 Å². The van der Waals surface area contributed by atoms with Crippen LogP contribution in [0.2, 0.25) is 0 Å². The van der Waals surface area contributed by atoms with Crippen LogP contribution in [0.4, 0.5) is 17.1 Å². The van der Waals surface area contributed by atoms with Crippen LogP contribution in [0.15, 0.2) is 164 Å². The number of aromatic nitrogens is 3. The fraction of sp³-hybridized carbons (Fsp3) is 0.0455. The van der Waals surface area contributed by atoms with E-state index in [2.05, 4.69) is 160 Å². The van der Waals surface area contributed by atoms with Crippen LogP contribution in [-0.2, 0) is 0 Å². The van der Waals surface area contributed by atoms with Crippen LogP contribution in [0, 0.1) is 0 Å². The van der Waals surface area contributed by atoms with Crippen LogP contribution in [0.5, 0.6) is 0 Å². The summed E-state index contributed by atoms with van der Waals surface area (Å²) in [6.45, 7) is 2.31. The standard InChI is InChI=1S/C44H32N4/c1-29-36-18-5-7-22-40(36)48(41-23-8-6-19-37(29)41)35-17-9-16-34(28-35)39-21-11-15-31-14-10-20-38(42(31)39)30-24-26-33(27-25-30)44-45-43(46-47-44)32-12-3-2-4-13-32/h2-29H,1H3,(H,45,46,47). The van der Waals surface area contributed by atoms with Gasteiger partial charge in [0.25, 0.3) is 0 Å². The van der Waals surface area contributed by atoms with Crippen molar-refractivity contribution in [1.29, 1.82) is 0 Å². The molecule has 2 heterocycles. The molecule has 0 radical (unpaired) electrons. The number of anilines is 3. The van der Waals surface area contributed by atoms with Crippen molar-refractivity contribution < 1.29 is 0 Å². The lowest BCUT2D eigenvalue weighted by Gasteiger charge is -2.36. The first-order chi connectivity index (χ1) is 23.7. The van der Waals surface area contributed by atoms with Crippen LogP contribution < -0.4 is 4.90 Å². The van der Waals surface area contributed by atoms with Crippen molar-refractivity contribution in [3.63, 3.8) is 0 Å². The summed E-state index contributed by atoms with van der Waals surface area (Å²) in [6, 6.07) is 58.5. The summed E-state index contributed by atoms with van der Waals surface area (Å²) in [5.74, 6) is 1.85. The minimum atomic E-state index is 0.332. The lowest BCUT2D eigenvalue weighted by atomic mass is 9.86. The van der Waals surface area contributed by atoms with E-state index in [0.717, 1.165) is 34.0 Å². The molecule has 0 saturated heterocycles. The summed E-state index contributed by atoms with van der Waals surface area (Å²) >= 11 is 0. The highest BCUT2D eigenvalue weighted by atomic mass is 15.2. The molecule has 0 spiro atoms. The smallest absolute Gasteiger partial charge is 0.161 e. The van der Waals surface area contributed by atoms with Crippen molar-refractivity contribution in [2.75, 3.05) is 4.90 Å². The molecule has 4 nitrogen and oxygen atoms in total. The summed E-state index contributed by atoms with van der Waals surface area (Å²) in [6.07, 6.45) is 0. The molecule has 0 fully saturated rings. The summed E-state index contributed by atoms with van der Waals surface area (Å²) in [5.41, 5.74) is 13.1. The molecule has 0 unspecified atom stereocenters. The Labute approximate surface area is 280 Å². The molecule has 0 saturated carbocycles. The molecule has 228 valence electrons. The molecule has 1 aliphatic heterocycles. The van der Waals surface area contributed by atoms with Gasteiger partial charge >= 0.3 is 0 Å². The lowest BCUT2D eigenvalue weighted by molar-refractivity contribution is 0.892.